The van der Waals surface area contributed by atoms with Crippen LogP contribution < -0.4 is 21.7 Å². The van der Waals surface area contributed by atoms with Crippen LogP contribution in [0.25, 0.3) is 22.3 Å². The summed E-state index contributed by atoms with van der Waals surface area (Å²) in [6, 6.07) is 19.6. The molecule has 0 bridgehead atoms. The summed E-state index contributed by atoms with van der Waals surface area (Å²) in [4.78, 5) is 33.2. The first kappa shape index (κ1) is 29.5. The van der Waals surface area contributed by atoms with Gasteiger partial charge in [0.25, 0.3) is 0 Å². The number of hydrogen-bond acceptors (Lipinski definition) is 7. The summed E-state index contributed by atoms with van der Waals surface area (Å²) >= 11 is 0. The van der Waals surface area contributed by atoms with Crippen molar-refractivity contribution in [2.24, 2.45) is 5.73 Å². The van der Waals surface area contributed by atoms with Crippen LogP contribution in [-0.4, -0.2) is 53.8 Å². The number of fused-ring (bicyclic) bond motifs is 1. The van der Waals surface area contributed by atoms with Crippen molar-refractivity contribution < 1.29 is 9.59 Å². The van der Waals surface area contributed by atoms with Crippen molar-refractivity contribution >= 4 is 29.0 Å². The van der Waals surface area contributed by atoms with E-state index < -0.39 is 0 Å². The third-order valence-electron chi connectivity index (χ3n) is 6.16. The van der Waals surface area contributed by atoms with Crippen molar-refractivity contribution in [3.63, 3.8) is 0 Å². The predicted molar refractivity (Wildman–Crippen MR) is 158 cm³/mol. The zero-order chi connectivity index (χ0) is 27.7. The van der Waals surface area contributed by atoms with Gasteiger partial charge < -0.3 is 26.7 Å². The third-order valence-corrected chi connectivity index (χ3v) is 6.16. The molecule has 0 fully saturated rings. The molecule has 2 aromatic carbocycles. The molecule has 0 saturated carbocycles. The van der Waals surface area contributed by atoms with Crippen molar-refractivity contribution in [2.45, 2.75) is 38.6 Å². The maximum absolute atomic E-state index is 10.8. The van der Waals surface area contributed by atoms with E-state index in [1.807, 2.05) is 43.4 Å². The van der Waals surface area contributed by atoms with Gasteiger partial charge in [-0.3, -0.25) is 9.59 Å². The molecule has 39 heavy (non-hydrogen) atoms. The molecule has 0 aliphatic rings. The van der Waals surface area contributed by atoms with E-state index in [-0.39, 0.29) is 5.91 Å². The van der Waals surface area contributed by atoms with Crippen molar-refractivity contribution in [1.29, 1.82) is 0 Å². The summed E-state index contributed by atoms with van der Waals surface area (Å²) in [7, 11) is 1.95. The molecular weight excluding hydrogens is 490 g/mol. The highest BCUT2D eigenvalue weighted by atomic mass is 16.1. The van der Waals surface area contributed by atoms with Gasteiger partial charge in [0.05, 0.1) is 5.39 Å². The van der Waals surface area contributed by atoms with Crippen LogP contribution in [0.3, 0.4) is 0 Å². The highest BCUT2D eigenvalue weighted by Gasteiger charge is 2.09. The number of rotatable bonds is 15. The van der Waals surface area contributed by atoms with Gasteiger partial charge in [-0.05, 0) is 43.6 Å². The lowest BCUT2D eigenvalue weighted by Crippen LogP contribution is -2.25. The van der Waals surface area contributed by atoms with Crippen LogP contribution in [0.4, 0.5) is 5.82 Å². The number of carbonyl (C=O) groups is 2. The van der Waals surface area contributed by atoms with Gasteiger partial charge in [0.15, 0.2) is 0 Å². The summed E-state index contributed by atoms with van der Waals surface area (Å²) in [6.07, 6.45) is 7.33. The first-order valence-corrected chi connectivity index (χ1v) is 13.4. The van der Waals surface area contributed by atoms with Crippen molar-refractivity contribution in [3.05, 3.63) is 78.1 Å². The second-order valence-electron chi connectivity index (χ2n) is 9.23. The van der Waals surface area contributed by atoms with Crippen LogP contribution in [0.1, 0.15) is 48.0 Å². The SMILES string of the molecule is CNCCNCCCCCCC(N)=O.O=Cc1ccc(-c2cc3c(NCc4ccccc4)ncnc3[nH]2)cc1. The number of aldehydes is 1. The van der Waals surface area contributed by atoms with Crippen LogP contribution in [0, 0.1) is 0 Å². The minimum atomic E-state index is -0.183. The highest BCUT2D eigenvalue weighted by Crippen LogP contribution is 2.27. The third kappa shape index (κ3) is 10.3. The number of hydrogen-bond donors (Lipinski definition) is 5. The Morgan fingerprint density at radius 3 is 2.44 bits per heavy atom. The Labute approximate surface area is 230 Å². The molecule has 4 aromatic rings. The molecule has 0 saturated heterocycles. The fourth-order valence-corrected chi connectivity index (χ4v) is 4.00. The standard InChI is InChI=1S/C20H16N4O.C10H23N3O/c25-12-15-6-8-16(9-7-15)18-10-17-19(22-13-23-20(17)24-18)21-11-14-4-2-1-3-5-14;1-12-8-9-13-7-5-3-2-4-6-10(11)14/h1-10,12-13H,11H2,(H2,21,22,23,24);12-13H,2-9H2,1H3,(H2,11,14). The van der Waals surface area contributed by atoms with Crippen LogP contribution in [0.5, 0.6) is 0 Å². The molecule has 1 amide bonds. The van der Waals surface area contributed by atoms with E-state index in [1.165, 1.54) is 18.4 Å². The molecule has 0 aliphatic heterocycles. The maximum Gasteiger partial charge on any atom is 0.217 e. The van der Waals surface area contributed by atoms with E-state index in [0.29, 0.717) is 18.5 Å². The molecule has 0 radical (unpaired) electrons. The molecule has 0 aliphatic carbocycles. The van der Waals surface area contributed by atoms with Crippen LogP contribution in [0.15, 0.2) is 67.0 Å². The first-order valence-electron chi connectivity index (χ1n) is 13.4. The number of benzene rings is 2. The fraction of sp³-hybridized carbons (Fsp3) is 0.333. The lowest BCUT2D eigenvalue weighted by atomic mass is 10.1. The number of unbranched alkanes of at least 4 members (excludes halogenated alkanes) is 3. The normalized spacial score (nSPS) is 10.6. The molecule has 0 atom stereocenters. The number of nitrogens with two attached hydrogens (primary N) is 1. The summed E-state index contributed by atoms with van der Waals surface area (Å²) in [6.45, 7) is 3.80. The number of amides is 1. The van der Waals surface area contributed by atoms with Gasteiger partial charge in [-0.2, -0.15) is 0 Å². The summed E-state index contributed by atoms with van der Waals surface area (Å²) in [5.74, 6) is 0.609. The lowest BCUT2D eigenvalue weighted by molar-refractivity contribution is -0.118. The van der Waals surface area contributed by atoms with Gasteiger partial charge in [0.2, 0.25) is 5.91 Å². The average Bonchev–Trinajstić information content (AvgIpc) is 3.41. The van der Waals surface area contributed by atoms with E-state index in [0.717, 1.165) is 66.9 Å². The maximum atomic E-state index is 10.8. The number of aromatic amines is 1. The number of likely N-dealkylation sites (N-methyl/N-ethyl adjacent to an activating group) is 1. The number of aromatic nitrogens is 3. The quantitative estimate of drug-likeness (QED) is 0.114. The minimum absolute atomic E-state index is 0.183. The molecule has 2 heterocycles. The van der Waals surface area contributed by atoms with E-state index in [2.05, 4.69) is 43.0 Å². The zero-order valence-corrected chi connectivity index (χ0v) is 22.6. The van der Waals surface area contributed by atoms with E-state index in [1.54, 1.807) is 18.5 Å². The zero-order valence-electron chi connectivity index (χ0n) is 22.6. The van der Waals surface area contributed by atoms with Gasteiger partial charge >= 0.3 is 0 Å². The van der Waals surface area contributed by atoms with Gasteiger partial charge in [-0.25, -0.2) is 9.97 Å². The molecule has 6 N–H and O–H groups in total. The molecule has 0 spiro atoms. The Morgan fingerprint density at radius 1 is 0.949 bits per heavy atom. The monoisotopic (exact) mass is 529 g/mol. The molecule has 0 unspecified atom stereocenters. The molecule has 2 aromatic heterocycles. The van der Waals surface area contributed by atoms with Crippen molar-refractivity contribution in [2.75, 3.05) is 32.0 Å². The highest BCUT2D eigenvalue weighted by molar-refractivity contribution is 5.91. The Kier molecular flexibility index (Phi) is 12.6. The molecule has 206 valence electrons. The Bertz CT molecular complexity index is 1270. The summed E-state index contributed by atoms with van der Waals surface area (Å²) in [5, 5.41) is 10.7. The number of nitrogens with one attached hydrogen (secondary N) is 4. The Morgan fingerprint density at radius 2 is 1.72 bits per heavy atom. The molecule has 9 nitrogen and oxygen atoms in total. The number of nitrogens with zero attached hydrogens (tertiary/aromatic N) is 2. The smallest absolute Gasteiger partial charge is 0.217 e. The van der Waals surface area contributed by atoms with Crippen LogP contribution in [0.2, 0.25) is 0 Å². The van der Waals surface area contributed by atoms with E-state index in [9.17, 15) is 9.59 Å². The average molecular weight is 530 g/mol. The van der Waals surface area contributed by atoms with Crippen LogP contribution >= 0.6 is 0 Å². The van der Waals surface area contributed by atoms with Gasteiger partial charge in [0, 0.05) is 37.3 Å². The van der Waals surface area contributed by atoms with Gasteiger partial charge in [-0.15, -0.1) is 0 Å². The topological polar surface area (TPSA) is 138 Å². The van der Waals surface area contributed by atoms with E-state index in [4.69, 9.17) is 5.73 Å². The first-order chi connectivity index (χ1) is 19.1. The second-order valence-corrected chi connectivity index (χ2v) is 9.23. The molecule has 9 heteroatoms. The van der Waals surface area contributed by atoms with Crippen LogP contribution in [-0.2, 0) is 11.3 Å². The molecule has 4 rings (SSSR count). The van der Waals surface area contributed by atoms with Gasteiger partial charge in [-0.1, -0.05) is 67.4 Å². The lowest BCUT2D eigenvalue weighted by Gasteiger charge is -2.06. The Balaban J connectivity index is 0.000000258. The van der Waals surface area contributed by atoms with E-state index >= 15 is 0 Å². The largest absolute Gasteiger partial charge is 0.370 e. The summed E-state index contributed by atoms with van der Waals surface area (Å²) in [5.41, 5.74) is 9.59. The van der Waals surface area contributed by atoms with Crippen molar-refractivity contribution in [1.82, 2.24) is 25.6 Å². The summed E-state index contributed by atoms with van der Waals surface area (Å²) < 4.78 is 0. The number of primary amides is 1. The number of carbonyl (C=O) groups excluding carboxylic acids is 2. The second kappa shape index (κ2) is 16.7. The minimum Gasteiger partial charge on any atom is -0.370 e. The fourth-order valence-electron chi connectivity index (χ4n) is 4.00. The number of anilines is 1. The predicted octanol–water partition coefficient (Wildman–Crippen LogP) is 4.28. The number of H-pyrrole nitrogens is 1. The van der Waals surface area contributed by atoms with Gasteiger partial charge in [0.1, 0.15) is 24.1 Å². The van der Waals surface area contributed by atoms with Crippen molar-refractivity contribution in [3.8, 4) is 11.3 Å². The Hall–Kier alpha value is -4.08. The molecular formula is C30H39N7O2.